The van der Waals surface area contributed by atoms with E-state index in [1.807, 2.05) is 20.8 Å². The van der Waals surface area contributed by atoms with Crippen LogP contribution in [0.5, 0.6) is 0 Å². The molecule has 75 heavy (non-hydrogen) atoms. The number of esters is 1. The molecule has 22 nitrogen and oxygen atoms in total. The number of allylic oxidation sites excluding steroid dienone is 2. The lowest BCUT2D eigenvalue weighted by Gasteiger charge is -2.73. The molecule has 8 aliphatic rings. The summed E-state index contributed by atoms with van der Waals surface area (Å²) in [6.45, 7) is 15.8. The van der Waals surface area contributed by atoms with E-state index >= 15 is 0 Å². The Bertz CT molecular complexity index is 2150. The molecule has 0 spiro atoms. The van der Waals surface area contributed by atoms with Gasteiger partial charge >= 0.3 is 11.9 Å². The standard InChI is InChI=1S/C53H84O22/c1-10-22(2)44(68)71-30-18-48(3,4)17-24-23-11-12-28-50(7)15-14-29(49(5,6)27(50)13-16-51(28,8)52(23,9)41(64)42(65)53(24,30)21-56)72-47-40(75-46-36(62)34(60)32(58)26(20-55)70-46)38(37(63)39(74-47)43(66)67)73-45-35(61)33(59)31(57)25(19-54)69-45/h10-11,24-42,45-47,54-65H,12-21H2,1-9H3,(H,66,67). The lowest BCUT2D eigenvalue weighted by Crippen LogP contribution is -2.74. The van der Waals surface area contributed by atoms with Gasteiger partial charge in [0.15, 0.2) is 25.0 Å². The minimum Gasteiger partial charge on any atom is -0.479 e. The maximum Gasteiger partial charge on any atom is 0.335 e. The fraction of sp³-hybridized carbons (Fsp3) is 0.887. The maximum absolute atomic E-state index is 13.4. The van der Waals surface area contributed by atoms with Crippen LogP contribution < -0.4 is 0 Å². The van der Waals surface area contributed by atoms with Crippen LogP contribution in [-0.2, 0) is 42.7 Å². The van der Waals surface area contributed by atoms with Crippen molar-refractivity contribution in [2.75, 3.05) is 19.8 Å². The molecular weight excluding hydrogens is 989 g/mol. The second-order valence-corrected chi connectivity index (χ2v) is 25.2. The molecule has 0 amide bonds. The summed E-state index contributed by atoms with van der Waals surface area (Å²) in [4.78, 5) is 26.3. The van der Waals surface area contributed by atoms with Crippen molar-refractivity contribution in [1.29, 1.82) is 0 Å². The topological polar surface area (TPSA) is 362 Å². The number of carboxylic acids is 1. The monoisotopic (exact) mass is 1070 g/mol. The van der Waals surface area contributed by atoms with Gasteiger partial charge in [-0.05, 0) is 98.2 Å². The number of carboxylic acid groups (broad SMARTS) is 1. The van der Waals surface area contributed by atoms with Gasteiger partial charge in [0.25, 0.3) is 0 Å². The van der Waals surface area contributed by atoms with Crippen molar-refractivity contribution in [2.45, 2.75) is 224 Å². The molecule has 0 aromatic carbocycles. The number of hydrogen-bond acceptors (Lipinski definition) is 21. The smallest absolute Gasteiger partial charge is 0.335 e. The Hall–Kier alpha value is -2.30. The van der Waals surface area contributed by atoms with Gasteiger partial charge in [-0.1, -0.05) is 66.2 Å². The number of fused-ring (bicyclic) bond motifs is 7. The van der Waals surface area contributed by atoms with Crippen molar-refractivity contribution in [3.8, 4) is 0 Å². The van der Waals surface area contributed by atoms with Crippen LogP contribution in [-0.4, -0.2) is 215 Å². The van der Waals surface area contributed by atoms with Gasteiger partial charge in [-0.15, -0.1) is 0 Å². The number of rotatable bonds is 12. The summed E-state index contributed by atoms with van der Waals surface area (Å²) in [5.74, 6) is -2.87. The molecule has 13 N–H and O–H groups in total. The Balaban J connectivity index is 1.13. The highest BCUT2D eigenvalue weighted by Crippen LogP contribution is 2.76. The zero-order chi connectivity index (χ0) is 55.4. The van der Waals surface area contributed by atoms with Crippen molar-refractivity contribution in [3.05, 3.63) is 23.3 Å². The first-order valence-corrected chi connectivity index (χ1v) is 26.6. The Morgan fingerprint density at radius 3 is 1.77 bits per heavy atom. The van der Waals surface area contributed by atoms with Gasteiger partial charge in [0.1, 0.15) is 73.2 Å². The molecule has 428 valence electrons. The van der Waals surface area contributed by atoms with E-state index in [9.17, 15) is 76.0 Å². The zero-order valence-corrected chi connectivity index (χ0v) is 44.4. The number of aliphatic hydroxyl groups is 12. The Morgan fingerprint density at radius 2 is 1.24 bits per heavy atom. The van der Waals surface area contributed by atoms with Crippen molar-refractivity contribution >= 4 is 11.9 Å². The van der Waals surface area contributed by atoms with E-state index in [0.29, 0.717) is 50.5 Å². The van der Waals surface area contributed by atoms with Gasteiger partial charge in [0, 0.05) is 11.0 Å². The molecule has 3 saturated heterocycles. The molecule has 7 fully saturated rings. The molecule has 26 atom stereocenters. The van der Waals surface area contributed by atoms with E-state index in [1.165, 1.54) is 0 Å². The SMILES string of the molecule is CC=C(C)C(=O)OC1CC(C)(C)CC2C3=CCC4C5(C)CCC(OC6OC(C(=O)O)C(O)C(OC7OC(CO)C(O)C(O)C7O)C6OC6OC(CO)C(O)C(O)C6O)C(C)(C)C5CCC4(C)C3(C)C(O)C(O)C12CO. The van der Waals surface area contributed by atoms with Crippen molar-refractivity contribution in [1.82, 2.24) is 0 Å². The average molecular weight is 1070 g/mol. The molecule has 3 heterocycles. The van der Waals surface area contributed by atoms with Crippen LogP contribution in [0.3, 0.4) is 0 Å². The van der Waals surface area contributed by atoms with E-state index in [0.717, 1.165) is 5.57 Å². The number of carbonyl (C=O) groups excluding carboxylic acids is 1. The van der Waals surface area contributed by atoms with Crippen LogP contribution in [0.25, 0.3) is 0 Å². The predicted molar refractivity (Wildman–Crippen MR) is 258 cm³/mol. The zero-order valence-electron chi connectivity index (χ0n) is 44.4. The van der Waals surface area contributed by atoms with Gasteiger partial charge in [-0.25, -0.2) is 9.59 Å². The molecule has 8 rings (SSSR count). The Labute approximate surface area is 437 Å². The predicted octanol–water partition coefficient (Wildman–Crippen LogP) is -0.864. The van der Waals surface area contributed by atoms with Gasteiger partial charge < -0.3 is 99.5 Å². The maximum atomic E-state index is 13.4. The number of aliphatic carboxylic acids is 1. The van der Waals surface area contributed by atoms with Crippen LogP contribution >= 0.6 is 0 Å². The lowest BCUT2D eigenvalue weighted by molar-refractivity contribution is -0.396. The number of carbonyl (C=O) groups is 2. The molecule has 26 unspecified atom stereocenters. The number of hydrogen-bond donors (Lipinski definition) is 13. The van der Waals surface area contributed by atoms with E-state index in [4.69, 9.17) is 33.2 Å². The van der Waals surface area contributed by atoms with Gasteiger partial charge in [0.2, 0.25) is 0 Å². The minimum atomic E-state index is -2.17. The lowest BCUT2D eigenvalue weighted by atomic mass is 9.32. The largest absolute Gasteiger partial charge is 0.479 e. The molecule has 0 bridgehead atoms. The minimum absolute atomic E-state index is 0.0835. The fourth-order valence-corrected chi connectivity index (χ4v) is 15.9. The first kappa shape index (κ1) is 58.8. The van der Waals surface area contributed by atoms with Crippen molar-refractivity contribution in [3.63, 3.8) is 0 Å². The molecule has 5 aliphatic carbocycles. The van der Waals surface area contributed by atoms with Crippen molar-refractivity contribution < 1.29 is 109 Å². The Kier molecular flexibility index (Phi) is 16.5. The molecule has 0 radical (unpaired) electrons. The normalized spacial score (nSPS) is 51.5. The Morgan fingerprint density at radius 1 is 0.667 bits per heavy atom. The van der Waals surface area contributed by atoms with Gasteiger partial charge in [-0.3, -0.25) is 0 Å². The van der Waals surface area contributed by atoms with Gasteiger partial charge in [0.05, 0.1) is 43.5 Å². The summed E-state index contributed by atoms with van der Waals surface area (Å²) < 4.78 is 42.7. The molecule has 0 aromatic heterocycles. The van der Waals surface area contributed by atoms with Crippen LogP contribution in [0.2, 0.25) is 0 Å². The molecule has 3 aliphatic heterocycles. The summed E-state index contributed by atoms with van der Waals surface area (Å²) >= 11 is 0. The molecule has 0 aromatic rings. The molecule has 4 saturated carbocycles. The summed E-state index contributed by atoms with van der Waals surface area (Å²) in [6.07, 6.45) is -25.3. The number of ether oxygens (including phenoxy) is 7. The van der Waals surface area contributed by atoms with Crippen LogP contribution in [0, 0.1) is 50.2 Å². The van der Waals surface area contributed by atoms with Gasteiger partial charge in [-0.2, -0.15) is 0 Å². The fourth-order valence-electron chi connectivity index (χ4n) is 15.9. The van der Waals surface area contributed by atoms with Crippen LogP contribution in [0.15, 0.2) is 23.3 Å². The third kappa shape index (κ3) is 9.19. The summed E-state index contributed by atoms with van der Waals surface area (Å²) in [7, 11) is 0. The summed E-state index contributed by atoms with van der Waals surface area (Å²) in [5.41, 5.74) is -3.28. The van der Waals surface area contributed by atoms with E-state index in [-0.39, 0.29) is 17.3 Å². The highest BCUT2D eigenvalue weighted by Gasteiger charge is 2.75. The van der Waals surface area contributed by atoms with Crippen LogP contribution in [0.4, 0.5) is 0 Å². The first-order valence-electron chi connectivity index (χ1n) is 26.6. The second-order valence-electron chi connectivity index (χ2n) is 25.2. The molecule has 22 heteroatoms. The highest BCUT2D eigenvalue weighted by atomic mass is 16.8. The van der Waals surface area contributed by atoms with Crippen molar-refractivity contribution in [2.24, 2.45) is 50.2 Å². The summed E-state index contributed by atoms with van der Waals surface area (Å²) in [5, 5.41) is 144. The second kappa shape index (κ2) is 21.0. The average Bonchev–Trinajstić information content (AvgIpc) is 3.35. The van der Waals surface area contributed by atoms with E-state index < -0.39 is 181 Å². The number of aliphatic hydroxyl groups excluding tert-OH is 12. The van der Waals surface area contributed by atoms with E-state index in [2.05, 4.69) is 33.8 Å². The van der Waals surface area contributed by atoms with E-state index in [1.54, 1.807) is 19.9 Å². The third-order valence-electron chi connectivity index (χ3n) is 20.5. The van der Waals surface area contributed by atoms with Crippen LogP contribution in [0.1, 0.15) is 107 Å². The highest BCUT2D eigenvalue weighted by molar-refractivity contribution is 5.87. The molecular formula is C53H84O22. The first-order chi connectivity index (χ1) is 35.0. The third-order valence-corrected chi connectivity index (χ3v) is 20.5. The quantitative estimate of drug-likeness (QED) is 0.0489. The summed E-state index contributed by atoms with van der Waals surface area (Å²) in [6, 6.07) is 0.